The molecule has 0 aromatic carbocycles. The molecule has 0 bridgehead atoms. The van der Waals surface area contributed by atoms with E-state index in [9.17, 15) is 0 Å². The molecule has 3 heteroatoms. The molecule has 52 valence electrons. The zero-order valence-electron chi connectivity index (χ0n) is 5.35. The van der Waals surface area contributed by atoms with E-state index in [-0.39, 0.29) is 0 Å². The third kappa shape index (κ3) is 0.656. The minimum Gasteiger partial charge on any atom is -0.433 e. The van der Waals surface area contributed by atoms with Crippen LogP contribution in [0.4, 0.5) is 0 Å². The minimum atomic E-state index is 0.373. The smallest absolute Gasteiger partial charge is 0.298 e. The largest absolute Gasteiger partial charge is 0.433 e. The van der Waals surface area contributed by atoms with Gasteiger partial charge in [0.15, 0.2) is 5.22 Å². The summed E-state index contributed by atoms with van der Waals surface area (Å²) in [5.41, 5.74) is 1.05. The van der Waals surface area contributed by atoms with Gasteiger partial charge >= 0.3 is 0 Å². The molecular formula is C7H5ClO2. The van der Waals surface area contributed by atoms with Gasteiger partial charge < -0.3 is 8.83 Å². The number of aryl methyl sites for hydroxylation is 1. The zero-order valence-corrected chi connectivity index (χ0v) is 6.11. The summed E-state index contributed by atoms with van der Waals surface area (Å²) in [6.45, 7) is 1.94. The molecule has 0 aliphatic rings. The number of hydrogen-bond acceptors (Lipinski definition) is 2. The van der Waals surface area contributed by atoms with Crippen LogP contribution >= 0.6 is 11.6 Å². The monoisotopic (exact) mass is 156 g/mol. The van der Waals surface area contributed by atoms with Crippen LogP contribution in [0.25, 0.3) is 11.2 Å². The second kappa shape index (κ2) is 1.80. The van der Waals surface area contributed by atoms with E-state index in [0.29, 0.717) is 11.0 Å². The Hall–Kier alpha value is -0.890. The summed E-state index contributed by atoms with van der Waals surface area (Å²) in [5.74, 6) is 0.502. The Bertz CT molecular complexity index is 358. The highest BCUT2D eigenvalue weighted by Crippen LogP contribution is 2.26. The normalized spacial score (nSPS) is 11.0. The van der Waals surface area contributed by atoms with Crippen LogP contribution in [0.15, 0.2) is 21.2 Å². The van der Waals surface area contributed by atoms with Gasteiger partial charge in [0.2, 0.25) is 0 Å². The molecule has 0 saturated heterocycles. The zero-order chi connectivity index (χ0) is 7.14. The lowest BCUT2D eigenvalue weighted by molar-refractivity contribution is 0.478. The van der Waals surface area contributed by atoms with Crippen molar-refractivity contribution >= 4 is 22.8 Å². The number of fused-ring (bicyclic) bond motifs is 1. The third-order valence-corrected chi connectivity index (χ3v) is 1.62. The van der Waals surface area contributed by atoms with Crippen molar-refractivity contribution in [2.24, 2.45) is 0 Å². The Morgan fingerprint density at radius 1 is 1.50 bits per heavy atom. The Kier molecular flexibility index (Phi) is 1.05. The molecule has 2 aromatic rings. The van der Waals surface area contributed by atoms with Gasteiger partial charge in [0.25, 0.3) is 5.78 Å². The molecule has 0 fully saturated rings. The lowest BCUT2D eigenvalue weighted by atomic mass is 10.3. The summed E-state index contributed by atoms with van der Waals surface area (Å²) in [4.78, 5) is 0. The molecule has 0 radical (unpaired) electrons. The van der Waals surface area contributed by atoms with Crippen LogP contribution in [0.1, 0.15) is 5.56 Å². The van der Waals surface area contributed by atoms with Crippen LogP contribution < -0.4 is 0 Å². The van der Waals surface area contributed by atoms with Gasteiger partial charge in [0.1, 0.15) is 0 Å². The first-order chi connectivity index (χ1) is 4.77. The molecule has 10 heavy (non-hydrogen) atoms. The number of rotatable bonds is 0. The third-order valence-electron chi connectivity index (χ3n) is 1.44. The molecule has 0 amide bonds. The van der Waals surface area contributed by atoms with Gasteiger partial charge in [-0.15, -0.1) is 0 Å². The SMILES string of the molecule is Cc1coc2oc(Cl)cc12. The van der Waals surface area contributed by atoms with E-state index in [1.54, 1.807) is 12.3 Å². The standard InChI is InChI=1S/C7H5ClO2/c1-4-3-9-7-5(4)2-6(8)10-7/h2-3H,1H3. The van der Waals surface area contributed by atoms with E-state index in [0.717, 1.165) is 10.9 Å². The fraction of sp³-hybridized carbons (Fsp3) is 0.143. The predicted molar refractivity (Wildman–Crippen MR) is 38.2 cm³/mol. The fourth-order valence-electron chi connectivity index (χ4n) is 0.913. The molecule has 0 spiro atoms. The van der Waals surface area contributed by atoms with Crippen molar-refractivity contribution in [1.82, 2.24) is 0 Å². The summed E-state index contributed by atoms with van der Waals surface area (Å²) < 4.78 is 10.0. The Morgan fingerprint density at radius 2 is 2.30 bits per heavy atom. The Labute approximate surface area is 62.4 Å². The Morgan fingerprint density at radius 3 is 3.00 bits per heavy atom. The van der Waals surface area contributed by atoms with E-state index in [1.807, 2.05) is 6.92 Å². The molecular weight excluding hydrogens is 152 g/mol. The van der Waals surface area contributed by atoms with Crippen molar-refractivity contribution in [3.05, 3.63) is 23.1 Å². The quantitative estimate of drug-likeness (QED) is 0.586. The summed E-state index contributed by atoms with van der Waals surface area (Å²) in [7, 11) is 0. The maximum absolute atomic E-state index is 5.57. The van der Waals surface area contributed by atoms with Gasteiger partial charge in [0.05, 0.1) is 11.6 Å². The maximum atomic E-state index is 5.57. The highest BCUT2D eigenvalue weighted by molar-refractivity contribution is 6.29. The summed E-state index contributed by atoms with van der Waals surface area (Å²) in [5, 5.41) is 1.32. The summed E-state index contributed by atoms with van der Waals surface area (Å²) in [6.07, 6.45) is 1.64. The van der Waals surface area contributed by atoms with E-state index in [4.69, 9.17) is 20.4 Å². The predicted octanol–water partition coefficient (Wildman–Crippen LogP) is 2.99. The van der Waals surface area contributed by atoms with Gasteiger partial charge in [-0.05, 0) is 24.1 Å². The number of furan rings is 2. The fourth-order valence-corrected chi connectivity index (χ4v) is 1.09. The van der Waals surface area contributed by atoms with Crippen molar-refractivity contribution in [2.75, 3.05) is 0 Å². The van der Waals surface area contributed by atoms with E-state index in [2.05, 4.69) is 0 Å². The summed E-state index contributed by atoms with van der Waals surface area (Å²) >= 11 is 5.57. The van der Waals surface area contributed by atoms with E-state index in [1.165, 1.54) is 0 Å². The molecule has 0 saturated carbocycles. The topological polar surface area (TPSA) is 26.3 Å². The lowest BCUT2D eigenvalue weighted by Gasteiger charge is -1.73. The molecule has 0 unspecified atom stereocenters. The van der Waals surface area contributed by atoms with Crippen molar-refractivity contribution in [1.29, 1.82) is 0 Å². The van der Waals surface area contributed by atoms with Gasteiger partial charge in [-0.3, -0.25) is 0 Å². The average molecular weight is 157 g/mol. The molecule has 2 heterocycles. The van der Waals surface area contributed by atoms with Gasteiger partial charge in [-0.2, -0.15) is 0 Å². The minimum absolute atomic E-state index is 0.373. The van der Waals surface area contributed by atoms with Gasteiger partial charge in [-0.1, -0.05) is 0 Å². The Balaban J connectivity index is 2.90. The molecule has 0 aliphatic heterocycles. The van der Waals surface area contributed by atoms with Crippen LogP contribution in [-0.4, -0.2) is 0 Å². The van der Waals surface area contributed by atoms with Crippen molar-refractivity contribution in [2.45, 2.75) is 6.92 Å². The second-order valence-electron chi connectivity index (χ2n) is 2.17. The highest BCUT2D eigenvalue weighted by Gasteiger charge is 2.06. The van der Waals surface area contributed by atoms with Crippen LogP contribution in [0.3, 0.4) is 0 Å². The van der Waals surface area contributed by atoms with Crippen LogP contribution in [-0.2, 0) is 0 Å². The van der Waals surface area contributed by atoms with Gasteiger partial charge in [-0.25, -0.2) is 0 Å². The maximum Gasteiger partial charge on any atom is 0.298 e. The molecule has 2 aromatic heterocycles. The highest BCUT2D eigenvalue weighted by atomic mass is 35.5. The van der Waals surface area contributed by atoms with E-state index >= 15 is 0 Å². The number of hydrogen-bond donors (Lipinski definition) is 0. The van der Waals surface area contributed by atoms with Crippen LogP contribution in [0, 0.1) is 6.92 Å². The first-order valence-electron chi connectivity index (χ1n) is 2.90. The van der Waals surface area contributed by atoms with Gasteiger partial charge in [0, 0.05) is 6.07 Å². The first kappa shape index (κ1) is 5.86. The molecule has 2 rings (SSSR count). The molecule has 0 atom stereocenters. The summed E-state index contributed by atoms with van der Waals surface area (Å²) in [6, 6.07) is 1.75. The molecule has 0 aliphatic carbocycles. The van der Waals surface area contributed by atoms with Crippen molar-refractivity contribution in [3.63, 3.8) is 0 Å². The lowest BCUT2D eigenvalue weighted by Crippen LogP contribution is -1.56. The number of halogens is 1. The average Bonchev–Trinajstić information content (AvgIpc) is 2.35. The molecule has 0 N–H and O–H groups in total. The van der Waals surface area contributed by atoms with E-state index < -0.39 is 0 Å². The first-order valence-corrected chi connectivity index (χ1v) is 3.28. The van der Waals surface area contributed by atoms with Crippen LogP contribution in [0.5, 0.6) is 0 Å². The van der Waals surface area contributed by atoms with Crippen molar-refractivity contribution in [3.8, 4) is 0 Å². The molecule has 2 nitrogen and oxygen atoms in total. The van der Waals surface area contributed by atoms with Crippen molar-refractivity contribution < 1.29 is 8.83 Å². The second-order valence-corrected chi connectivity index (χ2v) is 2.54. The van der Waals surface area contributed by atoms with Crippen LogP contribution in [0.2, 0.25) is 5.22 Å².